The molecule has 0 saturated heterocycles. The SMILES string of the molecule is COC(=O)c1ccc2c(c1)N(Cc1ccsc1)C(=O)C21CC1. The lowest BCUT2D eigenvalue weighted by molar-refractivity contribution is -0.120. The molecule has 1 aromatic carbocycles. The number of thiophene rings is 1. The molecule has 2 aliphatic rings. The van der Waals surface area contributed by atoms with Gasteiger partial charge in [0.25, 0.3) is 0 Å². The molecule has 4 rings (SSSR count). The van der Waals surface area contributed by atoms with Crippen molar-refractivity contribution in [3.63, 3.8) is 0 Å². The fourth-order valence-electron chi connectivity index (χ4n) is 3.22. The molecule has 1 aliphatic carbocycles. The zero-order chi connectivity index (χ0) is 15.3. The van der Waals surface area contributed by atoms with Crippen LogP contribution in [0, 0.1) is 0 Å². The van der Waals surface area contributed by atoms with Gasteiger partial charge in [0, 0.05) is 5.69 Å². The highest BCUT2D eigenvalue weighted by molar-refractivity contribution is 7.07. The second-order valence-corrected chi connectivity index (χ2v) is 6.61. The maximum Gasteiger partial charge on any atom is 0.337 e. The Bertz CT molecular complexity index is 762. The fraction of sp³-hybridized carbons (Fsp3) is 0.294. The molecule has 0 unspecified atom stereocenters. The maximum atomic E-state index is 12.8. The summed E-state index contributed by atoms with van der Waals surface area (Å²) < 4.78 is 4.79. The van der Waals surface area contributed by atoms with Crippen molar-refractivity contribution in [3.8, 4) is 0 Å². The number of ether oxygens (including phenoxy) is 1. The van der Waals surface area contributed by atoms with Gasteiger partial charge in [-0.25, -0.2) is 4.79 Å². The Kier molecular flexibility index (Phi) is 2.87. The monoisotopic (exact) mass is 313 g/mol. The molecule has 112 valence electrons. The van der Waals surface area contributed by atoms with Crippen LogP contribution < -0.4 is 4.90 Å². The van der Waals surface area contributed by atoms with E-state index >= 15 is 0 Å². The number of carbonyl (C=O) groups excluding carboxylic acids is 2. The average molecular weight is 313 g/mol. The van der Waals surface area contributed by atoms with Crippen LogP contribution in [0.5, 0.6) is 0 Å². The fourth-order valence-corrected chi connectivity index (χ4v) is 3.88. The van der Waals surface area contributed by atoms with E-state index in [4.69, 9.17) is 4.74 Å². The van der Waals surface area contributed by atoms with Gasteiger partial charge < -0.3 is 9.64 Å². The minimum Gasteiger partial charge on any atom is -0.465 e. The van der Waals surface area contributed by atoms with Crippen LogP contribution in [0.25, 0.3) is 0 Å². The van der Waals surface area contributed by atoms with E-state index in [1.807, 2.05) is 22.4 Å². The van der Waals surface area contributed by atoms with Crippen molar-refractivity contribution in [1.82, 2.24) is 0 Å². The van der Waals surface area contributed by atoms with E-state index in [1.54, 1.807) is 23.5 Å². The Labute approximate surface area is 132 Å². The third kappa shape index (κ3) is 1.82. The van der Waals surface area contributed by atoms with Gasteiger partial charge in [-0.1, -0.05) is 6.07 Å². The lowest BCUT2D eigenvalue weighted by atomic mass is 9.97. The molecule has 2 aromatic rings. The molecule has 4 nitrogen and oxygen atoms in total. The number of hydrogen-bond donors (Lipinski definition) is 0. The van der Waals surface area contributed by atoms with Gasteiger partial charge in [0.05, 0.1) is 24.6 Å². The predicted octanol–water partition coefficient (Wildman–Crippen LogP) is 3.11. The predicted molar refractivity (Wildman–Crippen MR) is 84.2 cm³/mol. The summed E-state index contributed by atoms with van der Waals surface area (Å²) in [6, 6.07) is 7.49. The second-order valence-electron chi connectivity index (χ2n) is 5.83. The van der Waals surface area contributed by atoms with E-state index in [1.165, 1.54) is 7.11 Å². The van der Waals surface area contributed by atoms with Gasteiger partial charge >= 0.3 is 5.97 Å². The van der Waals surface area contributed by atoms with Gasteiger partial charge in [0.1, 0.15) is 0 Å². The number of fused-ring (bicyclic) bond motifs is 2. The molecule has 1 aliphatic heterocycles. The Balaban J connectivity index is 1.78. The van der Waals surface area contributed by atoms with Crippen molar-refractivity contribution in [3.05, 3.63) is 51.7 Å². The van der Waals surface area contributed by atoms with E-state index in [-0.39, 0.29) is 17.3 Å². The first-order chi connectivity index (χ1) is 10.7. The van der Waals surface area contributed by atoms with Gasteiger partial charge in [-0.2, -0.15) is 11.3 Å². The molecule has 2 heterocycles. The smallest absolute Gasteiger partial charge is 0.337 e. The molecule has 1 aromatic heterocycles. The van der Waals surface area contributed by atoms with Crippen LogP contribution in [0.3, 0.4) is 0 Å². The number of amides is 1. The number of methoxy groups -OCH3 is 1. The van der Waals surface area contributed by atoms with Crippen molar-refractivity contribution in [2.75, 3.05) is 12.0 Å². The molecule has 0 radical (unpaired) electrons. The summed E-state index contributed by atoms with van der Waals surface area (Å²) in [7, 11) is 1.37. The summed E-state index contributed by atoms with van der Waals surface area (Å²) in [5.74, 6) is -0.210. The quantitative estimate of drug-likeness (QED) is 0.818. The summed E-state index contributed by atoms with van der Waals surface area (Å²) in [6.45, 7) is 0.557. The van der Waals surface area contributed by atoms with Crippen molar-refractivity contribution in [2.45, 2.75) is 24.8 Å². The Morgan fingerprint density at radius 3 is 2.82 bits per heavy atom. The Morgan fingerprint density at radius 1 is 1.36 bits per heavy atom. The molecule has 22 heavy (non-hydrogen) atoms. The molecule has 0 atom stereocenters. The number of benzene rings is 1. The average Bonchev–Trinajstić information content (AvgIpc) is 3.13. The van der Waals surface area contributed by atoms with Crippen LogP contribution in [-0.2, 0) is 21.5 Å². The Morgan fingerprint density at radius 2 is 2.18 bits per heavy atom. The van der Waals surface area contributed by atoms with Crippen LogP contribution in [-0.4, -0.2) is 19.0 Å². The van der Waals surface area contributed by atoms with Crippen molar-refractivity contribution in [1.29, 1.82) is 0 Å². The molecule has 1 spiro atoms. The topological polar surface area (TPSA) is 46.6 Å². The lowest BCUT2D eigenvalue weighted by Crippen LogP contribution is -2.31. The maximum absolute atomic E-state index is 12.8. The normalized spacial score (nSPS) is 17.7. The zero-order valence-electron chi connectivity index (χ0n) is 12.2. The molecule has 1 fully saturated rings. The number of nitrogens with zero attached hydrogens (tertiary/aromatic N) is 1. The first-order valence-electron chi connectivity index (χ1n) is 7.21. The number of anilines is 1. The highest BCUT2D eigenvalue weighted by atomic mass is 32.1. The number of rotatable bonds is 3. The minimum absolute atomic E-state index is 0.163. The number of hydrogen-bond acceptors (Lipinski definition) is 4. The highest BCUT2D eigenvalue weighted by Crippen LogP contribution is 2.57. The van der Waals surface area contributed by atoms with E-state index in [9.17, 15) is 9.59 Å². The first-order valence-corrected chi connectivity index (χ1v) is 8.16. The number of carbonyl (C=O) groups is 2. The molecule has 0 N–H and O–H groups in total. The molecular formula is C17H15NO3S. The second kappa shape index (κ2) is 4.68. The molecule has 5 heteroatoms. The molecule has 0 bridgehead atoms. The largest absolute Gasteiger partial charge is 0.465 e. The zero-order valence-corrected chi connectivity index (χ0v) is 13.0. The molecule has 1 saturated carbocycles. The van der Waals surface area contributed by atoms with Gasteiger partial charge in [-0.05, 0) is 52.9 Å². The van der Waals surface area contributed by atoms with Crippen LogP contribution in [0.4, 0.5) is 5.69 Å². The number of esters is 1. The summed E-state index contributed by atoms with van der Waals surface area (Å²) in [5.41, 5.74) is 3.18. The van der Waals surface area contributed by atoms with Crippen LogP contribution in [0.15, 0.2) is 35.0 Å². The van der Waals surface area contributed by atoms with Crippen molar-refractivity contribution >= 4 is 28.9 Å². The van der Waals surface area contributed by atoms with E-state index in [2.05, 4.69) is 5.38 Å². The lowest BCUT2D eigenvalue weighted by Gasteiger charge is -2.17. The van der Waals surface area contributed by atoms with E-state index in [0.29, 0.717) is 12.1 Å². The van der Waals surface area contributed by atoms with Crippen LogP contribution >= 0.6 is 11.3 Å². The van der Waals surface area contributed by atoms with Crippen molar-refractivity contribution < 1.29 is 14.3 Å². The summed E-state index contributed by atoms with van der Waals surface area (Å²) in [5, 5.41) is 4.06. The van der Waals surface area contributed by atoms with E-state index in [0.717, 1.165) is 29.7 Å². The van der Waals surface area contributed by atoms with Crippen LogP contribution in [0.2, 0.25) is 0 Å². The summed E-state index contributed by atoms with van der Waals surface area (Å²) in [6.07, 6.45) is 1.80. The van der Waals surface area contributed by atoms with Gasteiger partial charge in [-0.3, -0.25) is 4.79 Å². The van der Waals surface area contributed by atoms with Gasteiger partial charge in [0.15, 0.2) is 0 Å². The first kappa shape index (κ1) is 13.5. The third-order valence-corrected chi connectivity index (χ3v) is 5.28. The summed E-state index contributed by atoms with van der Waals surface area (Å²) in [4.78, 5) is 26.4. The van der Waals surface area contributed by atoms with Gasteiger partial charge in [0.2, 0.25) is 5.91 Å². The van der Waals surface area contributed by atoms with Crippen LogP contribution in [0.1, 0.15) is 34.3 Å². The highest BCUT2D eigenvalue weighted by Gasteiger charge is 2.59. The Hall–Kier alpha value is -2.14. The molecular weight excluding hydrogens is 298 g/mol. The van der Waals surface area contributed by atoms with Crippen molar-refractivity contribution in [2.24, 2.45) is 0 Å². The molecule has 1 amide bonds. The standard InChI is InChI=1S/C17H15NO3S/c1-21-15(19)12-2-3-13-14(8-12)18(9-11-4-7-22-10-11)16(20)17(13)5-6-17/h2-4,7-8,10H,5-6,9H2,1H3. The van der Waals surface area contributed by atoms with E-state index < -0.39 is 0 Å². The third-order valence-electron chi connectivity index (χ3n) is 4.55. The minimum atomic E-state index is -0.373. The summed E-state index contributed by atoms with van der Waals surface area (Å²) >= 11 is 1.62. The van der Waals surface area contributed by atoms with Gasteiger partial charge in [-0.15, -0.1) is 0 Å².